The molecule has 4 nitrogen and oxygen atoms in total. The minimum Gasteiger partial charge on any atom is -0.460 e. The van der Waals surface area contributed by atoms with E-state index in [1.807, 2.05) is 13.8 Å². The number of carbonyl (C=O) groups is 2. The molecular formula is C14H22O4. The van der Waals surface area contributed by atoms with Gasteiger partial charge in [0, 0.05) is 12.2 Å². The highest BCUT2D eigenvalue weighted by molar-refractivity contribution is 5.91. The van der Waals surface area contributed by atoms with Crippen LogP contribution < -0.4 is 0 Å². The van der Waals surface area contributed by atoms with E-state index in [0.29, 0.717) is 0 Å². The van der Waals surface area contributed by atoms with Gasteiger partial charge in [-0.25, -0.2) is 9.59 Å². The predicted molar refractivity (Wildman–Crippen MR) is 68.0 cm³/mol. The van der Waals surface area contributed by atoms with Crippen LogP contribution in [0.2, 0.25) is 0 Å². The van der Waals surface area contributed by atoms with E-state index in [0.717, 1.165) is 44.3 Å². The van der Waals surface area contributed by atoms with Crippen LogP contribution in [-0.4, -0.2) is 24.1 Å². The van der Waals surface area contributed by atoms with Crippen molar-refractivity contribution in [3.05, 3.63) is 12.2 Å². The summed E-state index contributed by atoms with van der Waals surface area (Å²) in [6, 6.07) is 0. The molecule has 0 aliphatic heterocycles. The van der Waals surface area contributed by atoms with Crippen molar-refractivity contribution in [2.75, 3.05) is 0 Å². The average molecular weight is 254 g/mol. The first-order valence-electron chi connectivity index (χ1n) is 6.71. The molecule has 1 aliphatic carbocycles. The van der Waals surface area contributed by atoms with Gasteiger partial charge in [0.15, 0.2) is 0 Å². The van der Waals surface area contributed by atoms with Gasteiger partial charge < -0.3 is 9.47 Å². The first-order chi connectivity index (χ1) is 8.61. The Hall–Kier alpha value is -1.32. The summed E-state index contributed by atoms with van der Waals surface area (Å²) in [6.07, 6.45) is 8.22. The van der Waals surface area contributed by atoms with Crippen LogP contribution in [0.15, 0.2) is 12.2 Å². The van der Waals surface area contributed by atoms with Crippen molar-refractivity contribution < 1.29 is 19.1 Å². The molecule has 0 aromatic carbocycles. The molecule has 4 heteroatoms. The molecule has 1 atom stereocenters. The van der Waals surface area contributed by atoms with Gasteiger partial charge in [-0.2, -0.15) is 0 Å². The maximum Gasteiger partial charge on any atom is 0.331 e. The van der Waals surface area contributed by atoms with Crippen molar-refractivity contribution in [1.82, 2.24) is 0 Å². The Labute approximate surface area is 108 Å². The number of rotatable bonds is 5. The van der Waals surface area contributed by atoms with Crippen LogP contribution in [0.5, 0.6) is 0 Å². The average Bonchev–Trinajstić information content (AvgIpc) is 2.37. The Morgan fingerprint density at radius 3 is 2.39 bits per heavy atom. The smallest absolute Gasteiger partial charge is 0.331 e. The summed E-state index contributed by atoms with van der Waals surface area (Å²) >= 11 is 0. The Morgan fingerprint density at radius 2 is 1.78 bits per heavy atom. The molecule has 0 bridgehead atoms. The van der Waals surface area contributed by atoms with Gasteiger partial charge in [0.2, 0.25) is 0 Å². The fourth-order valence-electron chi connectivity index (χ4n) is 1.84. The van der Waals surface area contributed by atoms with Gasteiger partial charge in [-0.1, -0.05) is 13.3 Å². The molecular weight excluding hydrogens is 232 g/mol. The largest absolute Gasteiger partial charge is 0.460 e. The molecule has 1 unspecified atom stereocenters. The Balaban J connectivity index is 2.27. The molecule has 18 heavy (non-hydrogen) atoms. The molecule has 1 saturated carbocycles. The van der Waals surface area contributed by atoms with E-state index < -0.39 is 11.9 Å². The topological polar surface area (TPSA) is 52.6 Å². The van der Waals surface area contributed by atoms with Crippen LogP contribution >= 0.6 is 0 Å². The van der Waals surface area contributed by atoms with Crippen molar-refractivity contribution in [2.45, 2.75) is 64.6 Å². The first-order valence-corrected chi connectivity index (χ1v) is 6.71. The fourth-order valence-corrected chi connectivity index (χ4v) is 1.84. The van der Waals surface area contributed by atoms with E-state index in [1.165, 1.54) is 6.42 Å². The van der Waals surface area contributed by atoms with E-state index in [1.54, 1.807) is 0 Å². The molecule has 0 saturated heterocycles. The second-order valence-electron chi connectivity index (χ2n) is 4.69. The summed E-state index contributed by atoms with van der Waals surface area (Å²) in [5, 5.41) is 0. The zero-order chi connectivity index (χ0) is 13.4. The maximum atomic E-state index is 11.5. The van der Waals surface area contributed by atoms with Crippen molar-refractivity contribution in [2.24, 2.45) is 0 Å². The van der Waals surface area contributed by atoms with Crippen LogP contribution in [0.25, 0.3) is 0 Å². The normalized spacial score (nSPS) is 18.6. The van der Waals surface area contributed by atoms with E-state index in [9.17, 15) is 9.59 Å². The molecule has 0 amide bonds. The van der Waals surface area contributed by atoms with E-state index >= 15 is 0 Å². The lowest BCUT2D eigenvalue weighted by Crippen LogP contribution is -2.20. The lowest BCUT2D eigenvalue weighted by atomic mass is 9.98. The number of hydrogen-bond acceptors (Lipinski definition) is 4. The number of carbonyl (C=O) groups excluding carboxylic acids is 2. The second kappa shape index (κ2) is 7.90. The number of hydrogen-bond donors (Lipinski definition) is 0. The van der Waals surface area contributed by atoms with Crippen LogP contribution in [0, 0.1) is 0 Å². The van der Waals surface area contributed by atoms with Gasteiger partial charge in [0.25, 0.3) is 0 Å². The van der Waals surface area contributed by atoms with Crippen molar-refractivity contribution in [1.29, 1.82) is 0 Å². The van der Waals surface area contributed by atoms with Gasteiger partial charge in [-0.05, 0) is 39.0 Å². The molecule has 102 valence electrons. The summed E-state index contributed by atoms with van der Waals surface area (Å²) in [4.78, 5) is 22.7. The van der Waals surface area contributed by atoms with E-state index in [-0.39, 0.29) is 12.2 Å². The highest BCUT2D eigenvalue weighted by Crippen LogP contribution is 2.20. The van der Waals surface area contributed by atoms with Crippen LogP contribution in [-0.2, 0) is 19.1 Å². The highest BCUT2D eigenvalue weighted by atomic mass is 16.5. The lowest BCUT2D eigenvalue weighted by Gasteiger charge is -2.20. The summed E-state index contributed by atoms with van der Waals surface area (Å²) in [6.45, 7) is 3.74. The molecule has 1 fully saturated rings. The van der Waals surface area contributed by atoms with E-state index in [2.05, 4.69) is 0 Å². The maximum absolute atomic E-state index is 11.5. The molecule has 1 rings (SSSR count). The van der Waals surface area contributed by atoms with Crippen LogP contribution in [0.4, 0.5) is 0 Å². The highest BCUT2D eigenvalue weighted by Gasteiger charge is 2.16. The molecule has 0 spiro atoms. The Kier molecular flexibility index (Phi) is 6.47. The predicted octanol–water partition coefficient (Wildman–Crippen LogP) is 2.76. The second-order valence-corrected chi connectivity index (χ2v) is 4.69. The van der Waals surface area contributed by atoms with Gasteiger partial charge >= 0.3 is 11.9 Å². The van der Waals surface area contributed by atoms with E-state index in [4.69, 9.17) is 9.47 Å². The Bertz CT molecular complexity index is 303. The third-order valence-corrected chi connectivity index (χ3v) is 3.08. The quantitative estimate of drug-likeness (QED) is 0.559. The summed E-state index contributed by atoms with van der Waals surface area (Å²) in [5.74, 6) is -0.951. The summed E-state index contributed by atoms with van der Waals surface area (Å²) in [5.41, 5.74) is 0. The SMILES string of the molecule is CCC(C)OC(=O)/C=C/C(=O)OC1CCCCC1. The monoisotopic (exact) mass is 254 g/mol. The van der Waals surface area contributed by atoms with Crippen molar-refractivity contribution in [3.8, 4) is 0 Å². The molecule has 0 N–H and O–H groups in total. The third kappa shape index (κ3) is 5.84. The molecule has 0 radical (unpaired) electrons. The van der Waals surface area contributed by atoms with Crippen molar-refractivity contribution in [3.63, 3.8) is 0 Å². The van der Waals surface area contributed by atoms with Gasteiger partial charge in [0.05, 0.1) is 6.10 Å². The molecule has 0 heterocycles. The molecule has 0 aromatic heterocycles. The summed E-state index contributed by atoms with van der Waals surface area (Å²) < 4.78 is 10.2. The van der Waals surface area contributed by atoms with Crippen LogP contribution in [0.1, 0.15) is 52.4 Å². The third-order valence-electron chi connectivity index (χ3n) is 3.08. The minimum absolute atomic E-state index is 0.0153. The first kappa shape index (κ1) is 14.7. The van der Waals surface area contributed by atoms with Gasteiger partial charge in [-0.3, -0.25) is 0 Å². The zero-order valence-corrected chi connectivity index (χ0v) is 11.2. The zero-order valence-electron chi connectivity index (χ0n) is 11.2. The number of ether oxygens (including phenoxy) is 2. The van der Waals surface area contributed by atoms with Gasteiger partial charge in [-0.15, -0.1) is 0 Å². The summed E-state index contributed by atoms with van der Waals surface area (Å²) in [7, 11) is 0. The molecule has 1 aliphatic rings. The van der Waals surface area contributed by atoms with Crippen LogP contribution in [0.3, 0.4) is 0 Å². The fraction of sp³-hybridized carbons (Fsp3) is 0.714. The minimum atomic E-state index is -0.495. The Morgan fingerprint density at radius 1 is 1.17 bits per heavy atom. The van der Waals surface area contributed by atoms with Crippen molar-refractivity contribution >= 4 is 11.9 Å². The standard InChI is InChI=1S/C14H22O4/c1-3-11(2)17-13(15)9-10-14(16)18-12-7-5-4-6-8-12/h9-12H,3-8H2,1-2H3/b10-9+. The van der Waals surface area contributed by atoms with Gasteiger partial charge in [0.1, 0.15) is 6.10 Å². The number of esters is 2. The molecule has 0 aromatic rings. The lowest BCUT2D eigenvalue weighted by molar-refractivity contribution is -0.146.